The lowest BCUT2D eigenvalue weighted by molar-refractivity contribution is -0.141. The summed E-state index contributed by atoms with van der Waals surface area (Å²) in [7, 11) is 0. The second-order valence-electron chi connectivity index (χ2n) is 4.34. The number of aliphatic hydroxyl groups excluding tert-OH is 1. The van der Waals surface area contributed by atoms with Gasteiger partial charge in [0.1, 0.15) is 6.04 Å². The Bertz CT molecular complexity index is 489. The van der Waals surface area contributed by atoms with E-state index in [1.165, 1.54) is 4.90 Å². The smallest absolute Gasteiger partial charge is 0.326 e. The van der Waals surface area contributed by atoms with Crippen molar-refractivity contribution < 1.29 is 19.8 Å². The Kier molecular flexibility index (Phi) is 3.29. The molecular formula is C12H14N2O4. The number of carboxylic acid groups (broad SMARTS) is 1. The fourth-order valence-electron chi connectivity index (χ4n) is 2.14. The molecule has 1 fully saturated rings. The molecule has 2 atom stereocenters. The first-order valence-corrected chi connectivity index (χ1v) is 5.64. The van der Waals surface area contributed by atoms with Crippen LogP contribution >= 0.6 is 0 Å². The van der Waals surface area contributed by atoms with E-state index >= 15 is 0 Å². The van der Waals surface area contributed by atoms with Gasteiger partial charge in [0, 0.05) is 24.9 Å². The Morgan fingerprint density at radius 1 is 1.50 bits per heavy atom. The van der Waals surface area contributed by atoms with Gasteiger partial charge in [0.05, 0.1) is 11.7 Å². The number of hydrogen-bond donors (Lipinski definition) is 2. The highest BCUT2D eigenvalue weighted by molar-refractivity contribution is 5.97. The zero-order valence-electron chi connectivity index (χ0n) is 9.91. The number of amides is 1. The summed E-state index contributed by atoms with van der Waals surface area (Å²) < 4.78 is 0. The van der Waals surface area contributed by atoms with Crippen LogP contribution in [0.3, 0.4) is 0 Å². The molecule has 2 rings (SSSR count). The zero-order chi connectivity index (χ0) is 13.3. The SMILES string of the molecule is Cc1ncccc1C(=O)N1CC(O)C[C@H]1C(=O)O. The van der Waals surface area contributed by atoms with Crippen LogP contribution in [0.4, 0.5) is 0 Å². The first-order valence-electron chi connectivity index (χ1n) is 5.64. The number of aryl methyl sites for hydroxylation is 1. The Hall–Kier alpha value is -1.95. The molecule has 1 unspecified atom stereocenters. The van der Waals surface area contributed by atoms with Crippen molar-refractivity contribution >= 4 is 11.9 Å². The minimum atomic E-state index is -1.10. The quantitative estimate of drug-likeness (QED) is 0.774. The third kappa shape index (κ3) is 2.19. The van der Waals surface area contributed by atoms with Gasteiger partial charge in [0.2, 0.25) is 0 Å². The van der Waals surface area contributed by atoms with Gasteiger partial charge >= 0.3 is 5.97 Å². The van der Waals surface area contributed by atoms with Crippen LogP contribution in [0.5, 0.6) is 0 Å². The van der Waals surface area contributed by atoms with Gasteiger partial charge in [0.25, 0.3) is 5.91 Å². The van der Waals surface area contributed by atoms with E-state index in [4.69, 9.17) is 5.11 Å². The Balaban J connectivity index is 2.28. The number of carbonyl (C=O) groups is 2. The number of pyridine rings is 1. The molecule has 0 aliphatic carbocycles. The first-order chi connectivity index (χ1) is 8.50. The topological polar surface area (TPSA) is 90.7 Å². The molecule has 1 aliphatic rings. The van der Waals surface area contributed by atoms with Crippen LogP contribution in [0.2, 0.25) is 0 Å². The summed E-state index contributed by atoms with van der Waals surface area (Å²) in [5.74, 6) is -1.49. The zero-order valence-corrected chi connectivity index (χ0v) is 9.91. The summed E-state index contributed by atoms with van der Waals surface area (Å²) in [5, 5.41) is 18.6. The van der Waals surface area contributed by atoms with Crippen molar-refractivity contribution in [1.82, 2.24) is 9.88 Å². The van der Waals surface area contributed by atoms with E-state index in [1.54, 1.807) is 25.3 Å². The maximum Gasteiger partial charge on any atom is 0.326 e. The maximum atomic E-state index is 12.2. The molecule has 18 heavy (non-hydrogen) atoms. The summed E-state index contributed by atoms with van der Waals surface area (Å²) >= 11 is 0. The molecule has 1 amide bonds. The molecule has 1 aliphatic heterocycles. The van der Waals surface area contributed by atoms with Crippen molar-refractivity contribution in [3.63, 3.8) is 0 Å². The Morgan fingerprint density at radius 2 is 2.22 bits per heavy atom. The third-order valence-corrected chi connectivity index (χ3v) is 3.06. The number of carbonyl (C=O) groups excluding carboxylic acids is 1. The van der Waals surface area contributed by atoms with E-state index in [0.717, 1.165) is 0 Å². The fourth-order valence-corrected chi connectivity index (χ4v) is 2.14. The standard InChI is InChI=1S/C12H14N2O4/c1-7-9(3-2-4-13-7)11(16)14-6-8(15)5-10(14)12(17)18/h2-4,8,10,15H,5-6H2,1H3,(H,17,18)/t8?,10-/m0/s1. The molecule has 96 valence electrons. The molecule has 1 aromatic heterocycles. The number of β-amino-alcohol motifs (C(OH)–C–C–N with tert-alkyl or cyclic N) is 1. The van der Waals surface area contributed by atoms with Crippen molar-refractivity contribution in [3.05, 3.63) is 29.6 Å². The second-order valence-corrected chi connectivity index (χ2v) is 4.34. The van der Waals surface area contributed by atoms with Crippen LogP contribution in [-0.4, -0.2) is 50.7 Å². The van der Waals surface area contributed by atoms with Crippen LogP contribution in [0.25, 0.3) is 0 Å². The third-order valence-electron chi connectivity index (χ3n) is 3.06. The molecule has 0 bridgehead atoms. The second kappa shape index (κ2) is 4.73. The van der Waals surface area contributed by atoms with E-state index in [-0.39, 0.29) is 13.0 Å². The lowest BCUT2D eigenvalue weighted by Gasteiger charge is -2.21. The van der Waals surface area contributed by atoms with Crippen LogP contribution in [0.15, 0.2) is 18.3 Å². The molecule has 2 N–H and O–H groups in total. The number of nitrogens with zero attached hydrogens (tertiary/aromatic N) is 2. The fraction of sp³-hybridized carbons (Fsp3) is 0.417. The summed E-state index contributed by atoms with van der Waals surface area (Å²) in [6.45, 7) is 1.74. The summed E-state index contributed by atoms with van der Waals surface area (Å²) in [6, 6.07) is 2.27. The minimum absolute atomic E-state index is 0.0458. The van der Waals surface area contributed by atoms with E-state index < -0.39 is 24.0 Å². The molecule has 1 aromatic rings. The molecular weight excluding hydrogens is 236 g/mol. The lowest BCUT2D eigenvalue weighted by atomic mass is 10.1. The van der Waals surface area contributed by atoms with Gasteiger partial charge in [-0.05, 0) is 19.1 Å². The van der Waals surface area contributed by atoms with Gasteiger partial charge in [-0.1, -0.05) is 0 Å². The van der Waals surface area contributed by atoms with Crippen molar-refractivity contribution in [2.75, 3.05) is 6.54 Å². The number of aromatic nitrogens is 1. The first kappa shape index (κ1) is 12.5. The van der Waals surface area contributed by atoms with Crippen molar-refractivity contribution in [3.8, 4) is 0 Å². The summed E-state index contributed by atoms with van der Waals surface area (Å²) in [4.78, 5) is 28.5. The minimum Gasteiger partial charge on any atom is -0.480 e. The van der Waals surface area contributed by atoms with Crippen LogP contribution in [-0.2, 0) is 4.79 Å². The number of carboxylic acids is 1. The average molecular weight is 250 g/mol. The highest BCUT2D eigenvalue weighted by atomic mass is 16.4. The van der Waals surface area contributed by atoms with Crippen LogP contribution in [0, 0.1) is 6.92 Å². The predicted octanol–water partition coefficient (Wildman–Crippen LogP) is 0.0500. The normalized spacial score (nSPS) is 23.1. The summed E-state index contributed by atoms with van der Waals surface area (Å²) in [6.07, 6.45) is 0.854. The molecule has 1 saturated heterocycles. The number of likely N-dealkylation sites (tertiary alicyclic amines) is 1. The van der Waals surface area contributed by atoms with Gasteiger partial charge in [0.15, 0.2) is 0 Å². The van der Waals surface area contributed by atoms with Crippen molar-refractivity contribution in [2.45, 2.75) is 25.5 Å². The largest absolute Gasteiger partial charge is 0.480 e. The average Bonchev–Trinajstić information content (AvgIpc) is 2.71. The molecule has 0 spiro atoms. The lowest BCUT2D eigenvalue weighted by Crippen LogP contribution is -2.40. The molecule has 0 aromatic carbocycles. The van der Waals surface area contributed by atoms with Gasteiger partial charge in [-0.3, -0.25) is 9.78 Å². The predicted molar refractivity (Wildman–Crippen MR) is 62.1 cm³/mol. The van der Waals surface area contributed by atoms with Crippen molar-refractivity contribution in [1.29, 1.82) is 0 Å². The molecule has 6 heteroatoms. The maximum absolute atomic E-state index is 12.2. The van der Waals surface area contributed by atoms with Gasteiger partial charge < -0.3 is 15.1 Å². The number of hydrogen-bond acceptors (Lipinski definition) is 4. The Labute approximate surface area is 104 Å². The molecule has 2 heterocycles. The van der Waals surface area contributed by atoms with Crippen molar-refractivity contribution in [2.24, 2.45) is 0 Å². The van der Waals surface area contributed by atoms with E-state index in [9.17, 15) is 14.7 Å². The van der Waals surface area contributed by atoms with Gasteiger partial charge in [-0.25, -0.2) is 4.79 Å². The number of rotatable bonds is 2. The van der Waals surface area contributed by atoms with Gasteiger partial charge in [-0.2, -0.15) is 0 Å². The van der Waals surface area contributed by atoms with E-state index in [1.807, 2.05) is 0 Å². The number of aliphatic carboxylic acids is 1. The molecule has 6 nitrogen and oxygen atoms in total. The van der Waals surface area contributed by atoms with Crippen LogP contribution < -0.4 is 0 Å². The van der Waals surface area contributed by atoms with E-state index in [2.05, 4.69) is 4.98 Å². The Morgan fingerprint density at radius 3 is 2.83 bits per heavy atom. The number of aliphatic hydroxyl groups is 1. The van der Waals surface area contributed by atoms with E-state index in [0.29, 0.717) is 11.3 Å². The highest BCUT2D eigenvalue weighted by Gasteiger charge is 2.39. The monoisotopic (exact) mass is 250 g/mol. The van der Waals surface area contributed by atoms with Gasteiger partial charge in [-0.15, -0.1) is 0 Å². The summed E-state index contributed by atoms with van der Waals surface area (Å²) in [5.41, 5.74) is 0.922. The highest BCUT2D eigenvalue weighted by Crippen LogP contribution is 2.21. The molecule has 0 saturated carbocycles. The molecule has 0 radical (unpaired) electrons. The van der Waals surface area contributed by atoms with Crippen LogP contribution in [0.1, 0.15) is 22.5 Å².